The SMILES string of the molecule is N#CN(N)N(C#N)N(C#N)N(C#N)N(C#N)C#N. The number of hydrogen-bond donors (Lipinski definition) is 1. The van der Waals surface area contributed by atoms with Gasteiger partial charge in [-0.2, -0.15) is 31.6 Å². The molecule has 12 heteroatoms. The molecule has 0 heterocycles. The lowest BCUT2D eigenvalue weighted by atomic mass is 11.0. The van der Waals surface area contributed by atoms with Gasteiger partial charge in [-0.3, -0.25) is 0 Å². The molecule has 0 aliphatic rings. The molecule has 0 aromatic carbocycles. The van der Waals surface area contributed by atoms with E-state index in [1.54, 1.807) is 0 Å². The molecule has 0 saturated carbocycles. The predicted octanol–water partition coefficient (Wildman–Crippen LogP) is -2.08. The van der Waals surface area contributed by atoms with E-state index in [1.165, 1.54) is 37.2 Å². The summed E-state index contributed by atoms with van der Waals surface area (Å²) in [4.78, 5) is 0. The topological polar surface area (TPSA) is 185 Å². The highest BCUT2D eigenvalue weighted by Crippen LogP contribution is 2.05. The molecule has 0 radical (unpaired) electrons. The van der Waals surface area contributed by atoms with Crippen LogP contribution in [0.15, 0.2) is 0 Å². The van der Waals surface area contributed by atoms with Crippen LogP contribution in [-0.2, 0) is 0 Å². The molecular formula is C6H2N12. The van der Waals surface area contributed by atoms with Crippen LogP contribution in [0.3, 0.4) is 0 Å². The van der Waals surface area contributed by atoms with Crippen molar-refractivity contribution in [3.05, 3.63) is 0 Å². The smallest absolute Gasteiger partial charge is 0.216 e. The van der Waals surface area contributed by atoms with E-state index in [4.69, 9.17) is 37.4 Å². The standard InChI is InChI=1S/C6H2N12/c7-1-14(2-8)16(4-10)18(6-12)17(5-11)15(13)3-9/h13H2. The van der Waals surface area contributed by atoms with Crippen LogP contribution in [0, 0.1) is 68.7 Å². The maximum absolute atomic E-state index is 8.77. The van der Waals surface area contributed by atoms with Gasteiger partial charge < -0.3 is 0 Å². The second kappa shape index (κ2) is 6.40. The van der Waals surface area contributed by atoms with Crippen LogP contribution in [0.1, 0.15) is 0 Å². The Labute approximate surface area is 101 Å². The fraction of sp³-hybridized carbons (Fsp3) is 0. The third-order valence-corrected chi connectivity index (χ3v) is 1.31. The molecule has 0 aliphatic carbocycles. The number of hydrogen-bond acceptors (Lipinski definition) is 12. The number of nitriles is 6. The Kier molecular flexibility index (Phi) is 4.94. The van der Waals surface area contributed by atoms with Crippen LogP contribution in [0.25, 0.3) is 0 Å². The van der Waals surface area contributed by atoms with E-state index in [1.807, 2.05) is 0 Å². The van der Waals surface area contributed by atoms with Crippen molar-refractivity contribution in [2.45, 2.75) is 0 Å². The minimum Gasteiger partial charge on any atom is -0.216 e. The van der Waals surface area contributed by atoms with Gasteiger partial charge in [-0.05, 0) is 0 Å². The summed E-state index contributed by atoms with van der Waals surface area (Å²) in [6.07, 6.45) is 7.67. The summed E-state index contributed by atoms with van der Waals surface area (Å²) in [5.41, 5.74) is 0. The van der Waals surface area contributed by atoms with Crippen molar-refractivity contribution in [1.29, 1.82) is 31.6 Å². The molecule has 0 aromatic heterocycles. The Bertz CT molecular complexity index is 524. The van der Waals surface area contributed by atoms with Gasteiger partial charge in [-0.1, -0.05) is 20.4 Å². The molecule has 0 spiro atoms. The number of rotatable bonds is 4. The van der Waals surface area contributed by atoms with Gasteiger partial charge in [-0.15, -0.1) is 5.12 Å². The van der Waals surface area contributed by atoms with E-state index >= 15 is 0 Å². The van der Waals surface area contributed by atoms with Crippen molar-refractivity contribution in [1.82, 2.24) is 25.5 Å². The number of hydrazine groups is 5. The van der Waals surface area contributed by atoms with E-state index < -0.39 is 0 Å². The largest absolute Gasteiger partial charge is 0.226 e. The zero-order valence-corrected chi connectivity index (χ0v) is 8.50. The Balaban J connectivity index is 5.48. The first kappa shape index (κ1) is 13.9. The first-order chi connectivity index (χ1) is 8.60. The molecule has 0 saturated heterocycles. The van der Waals surface area contributed by atoms with Crippen LogP contribution >= 0.6 is 0 Å². The maximum Gasteiger partial charge on any atom is 0.226 e. The minimum atomic E-state index is 0.0821. The summed E-state index contributed by atoms with van der Waals surface area (Å²) in [6, 6.07) is 0. The molecule has 86 valence electrons. The summed E-state index contributed by atoms with van der Waals surface area (Å²) < 4.78 is 0. The Morgan fingerprint density at radius 3 is 1.28 bits per heavy atom. The molecule has 12 nitrogen and oxygen atoms in total. The van der Waals surface area contributed by atoms with Crippen molar-refractivity contribution in [3.8, 4) is 37.2 Å². The molecule has 0 atom stereocenters. The molecule has 18 heavy (non-hydrogen) atoms. The summed E-state index contributed by atoms with van der Waals surface area (Å²) in [5.74, 6) is 5.04. The van der Waals surface area contributed by atoms with E-state index in [-0.39, 0.29) is 25.5 Å². The number of nitrogens with two attached hydrogens (primary N) is 1. The fourth-order valence-electron chi connectivity index (χ4n) is 0.668. The van der Waals surface area contributed by atoms with Gasteiger partial charge >= 0.3 is 0 Å². The van der Waals surface area contributed by atoms with Gasteiger partial charge in [0.05, 0.1) is 0 Å². The Morgan fingerprint density at radius 2 is 1.00 bits per heavy atom. The van der Waals surface area contributed by atoms with Crippen molar-refractivity contribution in [2.24, 2.45) is 5.84 Å². The molecule has 0 bridgehead atoms. The summed E-state index contributed by atoms with van der Waals surface area (Å²) in [7, 11) is 0. The second-order valence-electron chi connectivity index (χ2n) is 2.12. The molecule has 0 unspecified atom stereocenters. The van der Waals surface area contributed by atoms with Gasteiger partial charge in [-0.25, -0.2) is 5.84 Å². The average Bonchev–Trinajstić information content (AvgIpc) is 2.41. The van der Waals surface area contributed by atoms with Crippen LogP contribution < -0.4 is 5.84 Å². The highest BCUT2D eigenvalue weighted by molar-refractivity contribution is 4.91. The molecule has 0 rings (SSSR count). The second-order valence-corrected chi connectivity index (χ2v) is 2.12. The Morgan fingerprint density at radius 1 is 0.556 bits per heavy atom. The predicted molar refractivity (Wildman–Crippen MR) is 47.1 cm³/mol. The first-order valence-corrected chi connectivity index (χ1v) is 3.74. The summed E-state index contributed by atoms with van der Waals surface area (Å²) in [6.45, 7) is 0. The average molecular weight is 242 g/mol. The van der Waals surface area contributed by atoms with Crippen molar-refractivity contribution >= 4 is 0 Å². The minimum absolute atomic E-state index is 0.0821. The molecule has 0 aliphatic heterocycles. The van der Waals surface area contributed by atoms with Crippen LogP contribution in [0.5, 0.6) is 0 Å². The monoisotopic (exact) mass is 242 g/mol. The van der Waals surface area contributed by atoms with Gasteiger partial charge in [0, 0.05) is 0 Å². The lowest BCUT2D eigenvalue weighted by Gasteiger charge is -2.32. The zero-order chi connectivity index (χ0) is 14.1. The molecule has 0 fully saturated rings. The van der Waals surface area contributed by atoms with Crippen molar-refractivity contribution < 1.29 is 0 Å². The molecule has 0 aromatic rings. The lowest BCUT2D eigenvalue weighted by Crippen LogP contribution is -2.57. The third-order valence-electron chi connectivity index (χ3n) is 1.31. The van der Waals surface area contributed by atoms with E-state index in [2.05, 4.69) is 0 Å². The van der Waals surface area contributed by atoms with Gasteiger partial charge in [0.2, 0.25) is 37.2 Å². The summed E-state index contributed by atoms with van der Waals surface area (Å²) >= 11 is 0. The Hall–Kier alpha value is -4.10. The third kappa shape index (κ3) is 2.48. The fourth-order valence-corrected chi connectivity index (χ4v) is 0.668. The summed E-state index contributed by atoms with van der Waals surface area (Å²) in [5, 5.41) is 52.3. The molecular weight excluding hydrogens is 240 g/mol. The van der Waals surface area contributed by atoms with Crippen LogP contribution in [0.2, 0.25) is 0 Å². The first-order valence-electron chi connectivity index (χ1n) is 3.74. The normalized spacial score (nSPS) is 6.83. The van der Waals surface area contributed by atoms with Crippen molar-refractivity contribution in [3.63, 3.8) is 0 Å². The van der Waals surface area contributed by atoms with E-state index in [9.17, 15) is 0 Å². The van der Waals surface area contributed by atoms with E-state index in [0.717, 1.165) is 0 Å². The highest BCUT2D eigenvalue weighted by Gasteiger charge is 2.29. The number of nitrogens with zero attached hydrogens (tertiary/aromatic N) is 11. The molecule has 0 amide bonds. The zero-order valence-electron chi connectivity index (χ0n) is 8.50. The molecule has 2 N–H and O–H groups in total. The lowest BCUT2D eigenvalue weighted by molar-refractivity contribution is -0.211. The van der Waals surface area contributed by atoms with Gasteiger partial charge in [0.25, 0.3) is 0 Å². The highest BCUT2D eigenvalue weighted by atomic mass is 16.1. The van der Waals surface area contributed by atoms with Crippen LogP contribution in [0.4, 0.5) is 0 Å². The van der Waals surface area contributed by atoms with E-state index in [0.29, 0.717) is 0 Å². The van der Waals surface area contributed by atoms with Crippen molar-refractivity contribution in [2.75, 3.05) is 0 Å². The van der Waals surface area contributed by atoms with Crippen LogP contribution in [-0.4, -0.2) is 25.5 Å². The maximum atomic E-state index is 8.77. The van der Waals surface area contributed by atoms with Gasteiger partial charge in [0.1, 0.15) is 0 Å². The van der Waals surface area contributed by atoms with Gasteiger partial charge in [0.15, 0.2) is 0 Å². The quantitative estimate of drug-likeness (QED) is 0.245.